The highest BCUT2D eigenvalue weighted by Gasteiger charge is 2.01. The molecule has 0 amide bonds. The average Bonchev–Trinajstić information content (AvgIpc) is 2.31. The predicted octanol–water partition coefficient (Wildman–Crippen LogP) is 0.120. The summed E-state index contributed by atoms with van der Waals surface area (Å²) >= 11 is 0. The van der Waals surface area contributed by atoms with E-state index in [1.54, 1.807) is 24.7 Å². The van der Waals surface area contributed by atoms with Crippen molar-refractivity contribution in [2.45, 2.75) is 6.61 Å². The maximum Gasteiger partial charge on any atom is 0.205 e. The maximum absolute atomic E-state index is 11.2. The standard InChI is InChI=1S/C10H9N3O2/c14-7-9-10(15)3-5-13(12-9)8-2-1-4-11-6-8/h1-6,14H,7H2. The van der Waals surface area contributed by atoms with Gasteiger partial charge in [-0.3, -0.25) is 9.78 Å². The average molecular weight is 203 g/mol. The highest BCUT2D eigenvalue weighted by atomic mass is 16.3. The normalized spacial score (nSPS) is 10.2. The van der Waals surface area contributed by atoms with E-state index in [4.69, 9.17) is 5.11 Å². The van der Waals surface area contributed by atoms with Crippen LogP contribution in [0.15, 0.2) is 41.6 Å². The Morgan fingerprint density at radius 1 is 1.40 bits per heavy atom. The van der Waals surface area contributed by atoms with Crippen molar-refractivity contribution in [3.8, 4) is 5.69 Å². The number of hydrogen-bond acceptors (Lipinski definition) is 4. The predicted molar refractivity (Wildman–Crippen MR) is 53.6 cm³/mol. The summed E-state index contributed by atoms with van der Waals surface area (Å²) in [5.74, 6) is 0. The molecule has 15 heavy (non-hydrogen) atoms. The summed E-state index contributed by atoms with van der Waals surface area (Å²) < 4.78 is 1.50. The summed E-state index contributed by atoms with van der Waals surface area (Å²) in [6.45, 7) is -0.361. The Morgan fingerprint density at radius 2 is 2.27 bits per heavy atom. The van der Waals surface area contributed by atoms with Crippen LogP contribution in [0.1, 0.15) is 5.69 Å². The first kappa shape index (κ1) is 9.54. The Kier molecular flexibility index (Phi) is 2.55. The molecule has 1 N–H and O–H groups in total. The number of aliphatic hydroxyl groups excluding tert-OH is 1. The Morgan fingerprint density at radius 3 is 2.93 bits per heavy atom. The van der Waals surface area contributed by atoms with Crippen molar-refractivity contribution in [2.24, 2.45) is 0 Å². The molecule has 2 heterocycles. The topological polar surface area (TPSA) is 68.0 Å². The van der Waals surface area contributed by atoms with Crippen molar-refractivity contribution >= 4 is 0 Å². The van der Waals surface area contributed by atoms with Gasteiger partial charge in [0.2, 0.25) is 5.43 Å². The molecule has 0 saturated carbocycles. The Balaban J connectivity index is 2.51. The second-order valence-electron chi connectivity index (χ2n) is 2.94. The van der Waals surface area contributed by atoms with Gasteiger partial charge in [0.1, 0.15) is 5.69 Å². The van der Waals surface area contributed by atoms with E-state index in [2.05, 4.69) is 10.1 Å². The Hall–Kier alpha value is -2.01. The van der Waals surface area contributed by atoms with E-state index in [9.17, 15) is 4.79 Å². The number of nitrogens with zero attached hydrogens (tertiary/aromatic N) is 3. The number of rotatable bonds is 2. The molecular formula is C10H9N3O2. The summed E-state index contributed by atoms with van der Waals surface area (Å²) in [4.78, 5) is 15.1. The second kappa shape index (κ2) is 4.02. The first-order valence-corrected chi connectivity index (χ1v) is 4.41. The summed E-state index contributed by atoms with van der Waals surface area (Å²) in [5, 5.41) is 12.9. The van der Waals surface area contributed by atoms with Gasteiger partial charge in [-0.05, 0) is 12.1 Å². The molecule has 0 fully saturated rings. The largest absolute Gasteiger partial charge is 0.390 e. The summed E-state index contributed by atoms with van der Waals surface area (Å²) in [5.41, 5.74) is 0.603. The van der Waals surface area contributed by atoms with Gasteiger partial charge in [-0.1, -0.05) is 0 Å². The SMILES string of the molecule is O=c1ccn(-c2cccnc2)nc1CO. The molecule has 0 spiro atoms. The van der Waals surface area contributed by atoms with Crippen molar-refractivity contribution in [3.63, 3.8) is 0 Å². The number of pyridine rings is 1. The van der Waals surface area contributed by atoms with Gasteiger partial charge in [0, 0.05) is 18.5 Å². The third-order valence-corrected chi connectivity index (χ3v) is 1.94. The summed E-state index contributed by atoms with van der Waals surface area (Å²) in [7, 11) is 0. The minimum absolute atomic E-state index is 0.126. The maximum atomic E-state index is 11.2. The summed E-state index contributed by atoms with van der Waals surface area (Å²) in [6.07, 6.45) is 4.82. The van der Waals surface area contributed by atoms with Crippen molar-refractivity contribution < 1.29 is 5.11 Å². The molecule has 2 rings (SSSR count). The number of hydrogen-bond donors (Lipinski definition) is 1. The third kappa shape index (κ3) is 1.92. The van der Waals surface area contributed by atoms with Crippen molar-refractivity contribution in [3.05, 3.63) is 52.7 Å². The molecule has 0 unspecified atom stereocenters. The Bertz CT molecular complexity index is 508. The van der Waals surface area contributed by atoms with Gasteiger partial charge in [0.05, 0.1) is 18.5 Å². The molecule has 0 aliphatic heterocycles. The lowest BCUT2D eigenvalue weighted by Gasteiger charge is -2.04. The minimum Gasteiger partial charge on any atom is -0.390 e. The molecule has 2 aromatic rings. The van der Waals surface area contributed by atoms with E-state index in [0.717, 1.165) is 5.69 Å². The lowest BCUT2D eigenvalue weighted by Crippen LogP contribution is -2.15. The second-order valence-corrected chi connectivity index (χ2v) is 2.94. The van der Waals surface area contributed by atoms with Crippen LogP contribution in [0, 0.1) is 0 Å². The van der Waals surface area contributed by atoms with Crippen LogP contribution in [0.5, 0.6) is 0 Å². The molecule has 0 saturated heterocycles. The van der Waals surface area contributed by atoms with Gasteiger partial charge in [-0.2, -0.15) is 5.10 Å². The third-order valence-electron chi connectivity index (χ3n) is 1.94. The molecule has 0 bridgehead atoms. The van der Waals surface area contributed by atoms with E-state index in [1.165, 1.54) is 10.7 Å². The van der Waals surface area contributed by atoms with E-state index in [1.807, 2.05) is 6.07 Å². The fraction of sp³-hybridized carbons (Fsp3) is 0.100. The Labute approximate surface area is 85.6 Å². The van der Waals surface area contributed by atoms with E-state index >= 15 is 0 Å². The number of aliphatic hydroxyl groups is 1. The first-order valence-electron chi connectivity index (χ1n) is 4.41. The zero-order valence-corrected chi connectivity index (χ0v) is 7.87. The first-order chi connectivity index (χ1) is 7.31. The molecule has 0 aliphatic rings. The molecular weight excluding hydrogens is 194 g/mol. The highest BCUT2D eigenvalue weighted by molar-refractivity contribution is 5.26. The molecule has 0 aromatic carbocycles. The minimum atomic E-state index is -0.361. The van der Waals surface area contributed by atoms with Gasteiger partial charge >= 0.3 is 0 Å². The van der Waals surface area contributed by atoms with E-state index in [0.29, 0.717) is 0 Å². The van der Waals surface area contributed by atoms with Gasteiger partial charge in [0.15, 0.2) is 0 Å². The van der Waals surface area contributed by atoms with Gasteiger partial charge in [-0.25, -0.2) is 4.68 Å². The fourth-order valence-corrected chi connectivity index (χ4v) is 1.19. The zero-order valence-electron chi connectivity index (χ0n) is 7.87. The van der Waals surface area contributed by atoms with Crippen LogP contribution in [0.25, 0.3) is 5.69 Å². The number of aromatic nitrogens is 3. The molecule has 0 atom stereocenters. The van der Waals surface area contributed by atoms with Crippen molar-refractivity contribution in [2.75, 3.05) is 0 Å². The van der Waals surface area contributed by atoms with E-state index in [-0.39, 0.29) is 17.7 Å². The van der Waals surface area contributed by atoms with Crippen LogP contribution in [0.4, 0.5) is 0 Å². The van der Waals surface area contributed by atoms with Crippen molar-refractivity contribution in [1.82, 2.24) is 14.8 Å². The van der Waals surface area contributed by atoms with Gasteiger partial charge in [0.25, 0.3) is 0 Å². The highest BCUT2D eigenvalue weighted by Crippen LogP contribution is 2.01. The molecule has 76 valence electrons. The van der Waals surface area contributed by atoms with Crippen LogP contribution in [-0.2, 0) is 6.61 Å². The zero-order chi connectivity index (χ0) is 10.7. The van der Waals surface area contributed by atoms with Gasteiger partial charge < -0.3 is 5.11 Å². The van der Waals surface area contributed by atoms with Crippen molar-refractivity contribution in [1.29, 1.82) is 0 Å². The monoisotopic (exact) mass is 203 g/mol. The van der Waals surface area contributed by atoms with Crippen LogP contribution in [0.3, 0.4) is 0 Å². The molecule has 2 aromatic heterocycles. The quantitative estimate of drug-likeness (QED) is 0.752. The molecule has 5 nitrogen and oxygen atoms in total. The van der Waals surface area contributed by atoms with Crippen LogP contribution < -0.4 is 5.43 Å². The van der Waals surface area contributed by atoms with E-state index < -0.39 is 0 Å². The smallest absolute Gasteiger partial charge is 0.205 e. The molecule has 0 aliphatic carbocycles. The fourth-order valence-electron chi connectivity index (χ4n) is 1.19. The van der Waals surface area contributed by atoms with Gasteiger partial charge in [-0.15, -0.1) is 0 Å². The molecule has 0 radical (unpaired) electrons. The lowest BCUT2D eigenvalue weighted by atomic mass is 10.4. The summed E-state index contributed by atoms with van der Waals surface area (Å²) in [6, 6.07) is 4.95. The lowest BCUT2D eigenvalue weighted by molar-refractivity contribution is 0.273. The van der Waals surface area contributed by atoms with Crippen LogP contribution in [0.2, 0.25) is 0 Å². The van der Waals surface area contributed by atoms with Crippen LogP contribution >= 0.6 is 0 Å². The molecule has 5 heteroatoms. The van der Waals surface area contributed by atoms with Crippen LogP contribution in [-0.4, -0.2) is 19.9 Å².